The molecule has 2 aromatic carbocycles. The summed E-state index contributed by atoms with van der Waals surface area (Å²) in [6, 6.07) is 7.79. The Bertz CT molecular complexity index is 742. The van der Waals surface area contributed by atoms with Gasteiger partial charge in [-0.05, 0) is 24.3 Å². The third kappa shape index (κ3) is 3.02. The number of carbonyl (C=O) groups excluding carboxylic acids is 1. The molecule has 0 atom stereocenters. The first-order chi connectivity index (χ1) is 11.5. The van der Waals surface area contributed by atoms with Gasteiger partial charge in [-0.15, -0.1) is 0 Å². The summed E-state index contributed by atoms with van der Waals surface area (Å²) < 4.78 is 45.5. The molecule has 1 fully saturated rings. The van der Waals surface area contributed by atoms with Crippen LogP contribution in [-0.4, -0.2) is 31.1 Å². The summed E-state index contributed by atoms with van der Waals surface area (Å²) in [4.78, 5) is 15.3. The van der Waals surface area contributed by atoms with Crippen molar-refractivity contribution < 1.29 is 22.7 Å². The van der Waals surface area contributed by atoms with Crippen LogP contribution in [0.15, 0.2) is 36.4 Å². The topological polar surface area (TPSA) is 32.8 Å². The maximum Gasteiger partial charge on any atom is 0.324 e. The van der Waals surface area contributed by atoms with E-state index in [1.165, 1.54) is 9.80 Å². The summed E-state index contributed by atoms with van der Waals surface area (Å²) in [6.07, 6.45) is 0. The molecule has 2 amide bonds. The van der Waals surface area contributed by atoms with E-state index < -0.39 is 17.5 Å². The van der Waals surface area contributed by atoms with Crippen molar-refractivity contribution in [3.05, 3.63) is 59.4 Å². The smallest absolute Gasteiger partial charge is 0.324 e. The van der Waals surface area contributed by atoms with Gasteiger partial charge in [-0.3, -0.25) is 4.90 Å². The summed E-state index contributed by atoms with van der Waals surface area (Å²) in [6.45, 7) is 0.472. The lowest BCUT2D eigenvalue weighted by molar-refractivity contribution is 0.217. The van der Waals surface area contributed by atoms with Crippen LogP contribution in [0.5, 0.6) is 5.75 Å². The Kier molecular flexibility index (Phi) is 4.33. The molecule has 0 N–H and O–H groups in total. The number of hydrogen-bond acceptors (Lipinski definition) is 2. The third-order valence-electron chi connectivity index (χ3n) is 3.93. The lowest BCUT2D eigenvalue weighted by atomic mass is 10.2. The van der Waals surface area contributed by atoms with E-state index in [9.17, 15) is 18.0 Å². The van der Waals surface area contributed by atoms with Crippen molar-refractivity contribution in [2.24, 2.45) is 0 Å². The number of amides is 2. The highest BCUT2D eigenvalue weighted by Crippen LogP contribution is 2.25. The molecule has 4 nitrogen and oxygen atoms in total. The molecule has 1 saturated heterocycles. The van der Waals surface area contributed by atoms with Crippen LogP contribution in [0, 0.1) is 17.5 Å². The first kappa shape index (κ1) is 16.2. The van der Waals surface area contributed by atoms with E-state index in [-0.39, 0.29) is 18.1 Å². The third-order valence-corrected chi connectivity index (χ3v) is 3.93. The quantitative estimate of drug-likeness (QED) is 0.855. The molecule has 1 aliphatic rings. The zero-order chi connectivity index (χ0) is 17.3. The van der Waals surface area contributed by atoms with E-state index >= 15 is 0 Å². The Morgan fingerprint density at radius 3 is 2.25 bits per heavy atom. The predicted octanol–water partition coefficient (Wildman–Crippen LogP) is 3.55. The number of benzene rings is 2. The fraction of sp³-hybridized carbons (Fsp3) is 0.235. The Balaban J connectivity index is 1.77. The summed E-state index contributed by atoms with van der Waals surface area (Å²) in [7, 11) is 1.55. The molecular weight excluding hydrogens is 321 g/mol. The van der Waals surface area contributed by atoms with Gasteiger partial charge < -0.3 is 9.64 Å². The summed E-state index contributed by atoms with van der Waals surface area (Å²) in [5.41, 5.74) is 0.352. The van der Waals surface area contributed by atoms with Crippen molar-refractivity contribution in [1.82, 2.24) is 4.90 Å². The number of rotatable bonds is 4. The molecule has 0 saturated carbocycles. The molecule has 1 aliphatic heterocycles. The molecule has 1 heterocycles. The first-order valence-electron chi connectivity index (χ1n) is 7.33. The minimum Gasteiger partial charge on any atom is -0.497 e. The van der Waals surface area contributed by atoms with E-state index in [4.69, 9.17) is 4.74 Å². The van der Waals surface area contributed by atoms with E-state index in [1.807, 2.05) is 0 Å². The van der Waals surface area contributed by atoms with Crippen molar-refractivity contribution in [2.75, 3.05) is 25.1 Å². The maximum absolute atomic E-state index is 13.7. The van der Waals surface area contributed by atoms with Gasteiger partial charge in [-0.25, -0.2) is 18.0 Å². The van der Waals surface area contributed by atoms with Crippen LogP contribution in [0.4, 0.5) is 23.7 Å². The highest BCUT2D eigenvalue weighted by Gasteiger charge is 2.31. The van der Waals surface area contributed by atoms with E-state index in [0.717, 1.165) is 0 Å². The van der Waals surface area contributed by atoms with Crippen LogP contribution >= 0.6 is 0 Å². The molecule has 0 aromatic heterocycles. The van der Waals surface area contributed by atoms with Gasteiger partial charge in [0.2, 0.25) is 0 Å². The minimum absolute atomic E-state index is 0.247. The lowest BCUT2D eigenvalue weighted by Crippen LogP contribution is -2.32. The SMILES string of the molecule is COc1ccc(N2CCN(Cc3c(F)cc(F)cc3F)C2=O)cc1. The zero-order valence-electron chi connectivity index (χ0n) is 12.9. The fourth-order valence-electron chi connectivity index (χ4n) is 2.65. The largest absolute Gasteiger partial charge is 0.497 e. The number of nitrogens with zero attached hydrogens (tertiary/aromatic N) is 2. The van der Waals surface area contributed by atoms with Crippen molar-refractivity contribution in [3.63, 3.8) is 0 Å². The van der Waals surface area contributed by atoms with Crippen molar-refractivity contribution >= 4 is 11.7 Å². The molecule has 126 valence electrons. The van der Waals surface area contributed by atoms with Crippen LogP contribution < -0.4 is 9.64 Å². The summed E-state index contributed by atoms with van der Waals surface area (Å²) in [5, 5.41) is 0. The lowest BCUT2D eigenvalue weighted by Gasteiger charge is -2.19. The Morgan fingerprint density at radius 1 is 1.04 bits per heavy atom. The molecule has 0 radical (unpaired) electrons. The number of ether oxygens (including phenoxy) is 1. The van der Waals surface area contributed by atoms with Crippen LogP contribution in [0.25, 0.3) is 0 Å². The molecule has 7 heteroatoms. The predicted molar refractivity (Wildman–Crippen MR) is 82.5 cm³/mol. The van der Waals surface area contributed by atoms with Crippen molar-refractivity contribution in [1.29, 1.82) is 0 Å². The zero-order valence-corrected chi connectivity index (χ0v) is 12.9. The molecule has 0 aliphatic carbocycles. The van der Waals surface area contributed by atoms with Crippen LogP contribution in [0.1, 0.15) is 5.56 Å². The second-order valence-electron chi connectivity index (χ2n) is 5.40. The Labute approximate surface area is 137 Å². The molecule has 3 rings (SSSR count). The normalized spacial score (nSPS) is 14.4. The molecule has 0 unspecified atom stereocenters. The number of carbonyl (C=O) groups is 1. The van der Waals surface area contributed by atoms with Crippen LogP contribution in [0.3, 0.4) is 0 Å². The number of urea groups is 1. The van der Waals surface area contributed by atoms with Gasteiger partial charge in [0.15, 0.2) is 0 Å². The number of halogens is 3. The monoisotopic (exact) mass is 336 g/mol. The van der Waals surface area contributed by atoms with Gasteiger partial charge in [0.05, 0.1) is 13.7 Å². The second kappa shape index (κ2) is 6.43. The Morgan fingerprint density at radius 2 is 1.67 bits per heavy atom. The van der Waals surface area contributed by atoms with Gasteiger partial charge in [-0.1, -0.05) is 0 Å². The van der Waals surface area contributed by atoms with Gasteiger partial charge in [-0.2, -0.15) is 0 Å². The van der Waals surface area contributed by atoms with Gasteiger partial charge in [0, 0.05) is 36.5 Å². The highest BCUT2D eigenvalue weighted by molar-refractivity contribution is 5.94. The minimum atomic E-state index is -0.997. The Hall–Kier alpha value is -2.70. The van der Waals surface area contributed by atoms with Crippen LogP contribution in [-0.2, 0) is 6.54 Å². The maximum atomic E-state index is 13.7. The molecular formula is C17H15F3N2O2. The van der Waals surface area contributed by atoms with Crippen molar-refractivity contribution in [2.45, 2.75) is 6.54 Å². The average Bonchev–Trinajstić information content (AvgIpc) is 2.92. The number of anilines is 1. The second-order valence-corrected chi connectivity index (χ2v) is 5.40. The molecule has 2 aromatic rings. The van der Waals surface area contributed by atoms with Gasteiger partial charge in [0.25, 0.3) is 0 Å². The highest BCUT2D eigenvalue weighted by atomic mass is 19.1. The van der Waals surface area contributed by atoms with Gasteiger partial charge >= 0.3 is 6.03 Å². The average molecular weight is 336 g/mol. The molecule has 0 bridgehead atoms. The summed E-state index contributed by atoms with van der Waals surface area (Å²) >= 11 is 0. The van der Waals surface area contributed by atoms with Crippen molar-refractivity contribution in [3.8, 4) is 5.75 Å². The fourth-order valence-corrected chi connectivity index (χ4v) is 2.65. The number of methoxy groups -OCH3 is 1. The number of hydrogen-bond donors (Lipinski definition) is 0. The molecule has 0 spiro atoms. The van der Waals surface area contributed by atoms with E-state index in [2.05, 4.69) is 0 Å². The summed E-state index contributed by atoms with van der Waals surface area (Å²) in [5.74, 6) is -2.31. The van der Waals surface area contributed by atoms with E-state index in [1.54, 1.807) is 31.4 Å². The standard InChI is InChI=1S/C17H15F3N2O2/c1-24-13-4-2-12(3-5-13)22-7-6-21(17(22)23)10-14-15(19)8-11(18)9-16(14)20/h2-5,8-9H,6-7,10H2,1H3. The first-order valence-corrected chi connectivity index (χ1v) is 7.33. The van der Waals surface area contributed by atoms with E-state index in [0.29, 0.717) is 36.7 Å². The molecule has 24 heavy (non-hydrogen) atoms. The van der Waals surface area contributed by atoms with Gasteiger partial charge in [0.1, 0.15) is 23.2 Å². The van der Waals surface area contributed by atoms with Crippen LogP contribution in [0.2, 0.25) is 0 Å².